The minimum absolute atomic E-state index is 0.0211. The summed E-state index contributed by atoms with van der Waals surface area (Å²) < 4.78 is 0. The van der Waals surface area contributed by atoms with E-state index in [0.717, 1.165) is 26.1 Å². The van der Waals surface area contributed by atoms with Crippen LogP contribution in [0.15, 0.2) is 36.0 Å². The van der Waals surface area contributed by atoms with Crippen LogP contribution in [0.25, 0.3) is 0 Å². The fourth-order valence-electron chi connectivity index (χ4n) is 2.02. The highest BCUT2D eigenvalue weighted by atomic mass is 35.5. The Kier molecular flexibility index (Phi) is 8.81. The van der Waals surface area contributed by atoms with Crippen molar-refractivity contribution >= 4 is 23.2 Å². The molecule has 0 heterocycles. The summed E-state index contributed by atoms with van der Waals surface area (Å²) in [6, 6.07) is 8.80. The monoisotopic (exact) mass is 334 g/mol. The molecule has 0 bridgehead atoms. The minimum Gasteiger partial charge on any atom is -0.390 e. The molecule has 0 atom stereocenters. The average molecular weight is 335 g/mol. The zero-order valence-electron chi connectivity index (χ0n) is 13.6. The fraction of sp³-hybridized carbons (Fsp3) is 0.412. The molecule has 0 spiro atoms. The van der Waals surface area contributed by atoms with E-state index < -0.39 is 5.91 Å². The molecular formula is C17H23ClN4O. The molecule has 0 aliphatic heterocycles. The predicted octanol–water partition coefficient (Wildman–Crippen LogP) is 3.01. The molecule has 6 heteroatoms. The predicted molar refractivity (Wildman–Crippen MR) is 94.2 cm³/mol. The number of hydrogen-bond acceptors (Lipinski definition) is 4. The van der Waals surface area contributed by atoms with Crippen LogP contribution in [-0.4, -0.2) is 37.0 Å². The molecule has 124 valence electrons. The summed E-state index contributed by atoms with van der Waals surface area (Å²) in [6.07, 6.45) is 2.40. The molecule has 0 aliphatic rings. The second kappa shape index (κ2) is 10.7. The number of anilines is 1. The maximum Gasteiger partial charge on any atom is 0.267 e. The van der Waals surface area contributed by atoms with E-state index >= 15 is 0 Å². The molecule has 1 aromatic carbocycles. The number of rotatable bonds is 9. The Bertz CT molecular complexity index is 576. The molecule has 0 unspecified atom stereocenters. The van der Waals surface area contributed by atoms with E-state index in [0.29, 0.717) is 17.3 Å². The van der Waals surface area contributed by atoms with Gasteiger partial charge in [0.15, 0.2) is 0 Å². The lowest BCUT2D eigenvalue weighted by Crippen LogP contribution is -2.26. The van der Waals surface area contributed by atoms with E-state index in [1.807, 2.05) is 6.07 Å². The van der Waals surface area contributed by atoms with E-state index in [1.165, 1.54) is 6.20 Å². The molecular weight excluding hydrogens is 312 g/mol. The third-order valence-electron chi connectivity index (χ3n) is 3.42. The van der Waals surface area contributed by atoms with Gasteiger partial charge in [0.2, 0.25) is 0 Å². The van der Waals surface area contributed by atoms with Crippen LogP contribution in [0, 0.1) is 11.3 Å². The molecule has 23 heavy (non-hydrogen) atoms. The van der Waals surface area contributed by atoms with Crippen LogP contribution in [0.1, 0.15) is 20.3 Å². The molecule has 0 radical (unpaired) electrons. The second-order valence-electron chi connectivity index (χ2n) is 4.94. The zero-order valence-corrected chi connectivity index (χ0v) is 14.4. The zero-order chi connectivity index (χ0) is 17.1. The van der Waals surface area contributed by atoms with Crippen molar-refractivity contribution < 1.29 is 4.79 Å². The molecule has 0 fully saturated rings. The van der Waals surface area contributed by atoms with Crippen LogP contribution in [0.3, 0.4) is 0 Å². The standard InChI is InChI=1S/C17H23ClN4O/c1-3-22(4-2)11-7-10-20-13-14(12-19)17(23)21-16-9-6-5-8-15(16)18/h5-6,8-9,13,20H,3-4,7,10-11H2,1-2H3,(H,21,23)/b14-13-. The first kappa shape index (κ1) is 19.0. The topological polar surface area (TPSA) is 68.2 Å². The maximum atomic E-state index is 12.1. The Balaban J connectivity index is 2.48. The number of nitriles is 1. The summed E-state index contributed by atoms with van der Waals surface area (Å²) in [4.78, 5) is 14.4. The highest BCUT2D eigenvalue weighted by molar-refractivity contribution is 6.33. The van der Waals surface area contributed by atoms with Crippen LogP contribution >= 0.6 is 11.6 Å². The summed E-state index contributed by atoms with van der Waals surface area (Å²) in [5.41, 5.74) is 0.509. The van der Waals surface area contributed by atoms with Gasteiger partial charge in [-0.1, -0.05) is 37.6 Å². The summed E-state index contributed by atoms with van der Waals surface area (Å²) in [7, 11) is 0. The van der Waals surface area contributed by atoms with Gasteiger partial charge in [-0.05, 0) is 38.2 Å². The van der Waals surface area contributed by atoms with Crippen LogP contribution in [0.4, 0.5) is 5.69 Å². The number of para-hydroxylation sites is 1. The van der Waals surface area contributed by atoms with Gasteiger partial charge in [0.1, 0.15) is 11.6 Å². The number of amides is 1. The number of benzene rings is 1. The smallest absolute Gasteiger partial charge is 0.267 e. The first-order chi connectivity index (χ1) is 11.1. The van der Waals surface area contributed by atoms with Gasteiger partial charge in [-0.15, -0.1) is 0 Å². The minimum atomic E-state index is -0.475. The lowest BCUT2D eigenvalue weighted by atomic mass is 10.2. The lowest BCUT2D eigenvalue weighted by molar-refractivity contribution is -0.112. The first-order valence-corrected chi connectivity index (χ1v) is 8.12. The summed E-state index contributed by atoms with van der Waals surface area (Å²) >= 11 is 5.98. The molecule has 5 nitrogen and oxygen atoms in total. The van der Waals surface area contributed by atoms with E-state index in [2.05, 4.69) is 29.4 Å². The van der Waals surface area contributed by atoms with Crippen molar-refractivity contribution in [1.29, 1.82) is 5.26 Å². The molecule has 1 rings (SSSR count). The molecule has 2 N–H and O–H groups in total. The van der Waals surface area contributed by atoms with Gasteiger partial charge in [0, 0.05) is 12.7 Å². The van der Waals surface area contributed by atoms with Gasteiger partial charge in [0.25, 0.3) is 5.91 Å². The number of carbonyl (C=O) groups is 1. The molecule has 0 aromatic heterocycles. The van der Waals surface area contributed by atoms with E-state index in [-0.39, 0.29) is 5.57 Å². The number of halogens is 1. The Morgan fingerprint density at radius 2 is 2.04 bits per heavy atom. The van der Waals surface area contributed by atoms with Crippen molar-refractivity contribution in [2.45, 2.75) is 20.3 Å². The Morgan fingerprint density at radius 1 is 1.35 bits per heavy atom. The van der Waals surface area contributed by atoms with E-state index in [1.54, 1.807) is 24.3 Å². The van der Waals surface area contributed by atoms with Gasteiger partial charge >= 0.3 is 0 Å². The molecule has 1 amide bonds. The highest BCUT2D eigenvalue weighted by Gasteiger charge is 2.10. The van der Waals surface area contributed by atoms with Crippen molar-refractivity contribution in [3.05, 3.63) is 41.1 Å². The van der Waals surface area contributed by atoms with Gasteiger partial charge in [-0.25, -0.2) is 0 Å². The summed E-state index contributed by atoms with van der Waals surface area (Å²) in [5.74, 6) is -0.475. The van der Waals surface area contributed by atoms with Crippen molar-refractivity contribution in [3.63, 3.8) is 0 Å². The molecule has 0 aliphatic carbocycles. The SMILES string of the molecule is CCN(CC)CCCN/C=C(/C#N)C(=O)Nc1ccccc1Cl. The van der Waals surface area contributed by atoms with Crippen molar-refractivity contribution in [1.82, 2.24) is 10.2 Å². The Labute approximate surface area is 142 Å². The van der Waals surface area contributed by atoms with Gasteiger partial charge in [0.05, 0.1) is 10.7 Å². The number of nitrogens with one attached hydrogen (secondary N) is 2. The number of hydrogen-bond donors (Lipinski definition) is 2. The largest absolute Gasteiger partial charge is 0.390 e. The second-order valence-corrected chi connectivity index (χ2v) is 5.35. The van der Waals surface area contributed by atoms with E-state index in [4.69, 9.17) is 16.9 Å². The van der Waals surface area contributed by atoms with Crippen molar-refractivity contribution in [2.75, 3.05) is 31.5 Å². The van der Waals surface area contributed by atoms with E-state index in [9.17, 15) is 4.79 Å². The maximum absolute atomic E-state index is 12.1. The van der Waals surface area contributed by atoms with Gasteiger partial charge in [-0.2, -0.15) is 5.26 Å². The Morgan fingerprint density at radius 3 is 2.65 bits per heavy atom. The number of carbonyl (C=O) groups excluding carboxylic acids is 1. The third-order valence-corrected chi connectivity index (χ3v) is 3.75. The van der Waals surface area contributed by atoms with Gasteiger partial charge in [-0.3, -0.25) is 4.79 Å². The molecule has 0 saturated carbocycles. The fourth-order valence-corrected chi connectivity index (χ4v) is 2.20. The normalized spacial score (nSPS) is 11.2. The van der Waals surface area contributed by atoms with Crippen molar-refractivity contribution in [2.24, 2.45) is 0 Å². The summed E-state index contributed by atoms with van der Waals surface area (Å²) in [5, 5.41) is 15.2. The van der Waals surface area contributed by atoms with Crippen LogP contribution in [-0.2, 0) is 4.79 Å². The highest BCUT2D eigenvalue weighted by Crippen LogP contribution is 2.20. The molecule has 1 aromatic rings. The Hall–Kier alpha value is -2.03. The number of nitrogens with zero attached hydrogens (tertiary/aromatic N) is 2. The van der Waals surface area contributed by atoms with Gasteiger partial charge < -0.3 is 15.5 Å². The third kappa shape index (κ3) is 6.72. The van der Waals surface area contributed by atoms with Crippen LogP contribution < -0.4 is 10.6 Å². The van der Waals surface area contributed by atoms with Crippen LogP contribution in [0.2, 0.25) is 5.02 Å². The van der Waals surface area contributed by atoms with Crippen molar-refractivity contribution in [3.8, 4) is 6.07 Å². The van der Waals surface area contributed by atoms with Crippen LogP contribution in [0.5, 0.6) is 0 Å². The quantitative estimate of drug-likeness (QED) is 0.414. The lowest BCUT2D eigenvalue weighted by Gasteiger charge is -2.17. The summed E-state index contributed by atoms with van der Waals surface area (Å²) in [6.45, 7) is 8.00. The first-order valence-electron chi connectivity index (χ1n) is 7.74. The molecule has 0 saturated heterocycles. The average Bonchev–Trinajstić information content (AvgIpc) is 2.56.